The predicted octanol–water partition coefficient (Wildman–Crippen LogP) is 0.440. The summed E-state index contributed by atoms with van der Waals surface area (Å²) in [4.78, 5) is 24.4. The molecule has 6 heteroatoms. The zero-order valence-corrected chi connectivity index (χ0v) is 10.2. The zero-order chi connectivity index (χ0) is 12.7. The number of H-pyrrole nitrogens is 1. The van der Waals surface area contributed by atoms with E-state index in [9.17, 15) is 9.59 Å². The number of hydrogen-bond acceptors (Lipinski definition) is 4. The zero-order valence-electron chi connectivity index (χ0n) is 10.2. The van der Waals surface area contributed by atoms with Crippen molar-refractivity contribution < 1.29 is 4.79 Å². The highest BCUT2D eigenvalue weighted by Gasteiger charge is 2.08. The summed E-state index contributed by atoms with van der Waals surface area (Å²) in [6.45, 7) is 5.86. The van der Waals surface area contributed by atoms with Gasteiger partial charge in [-0.25, -0.2) is 5.10 Å². The number of carbonyl (C=O) groups excluding carboxylic acids is 1. The molecule has 0 unspecified atom stereocenters. The second kappa shape index (κ2) is 6.67. The molecule has 2 N–H and O–H groups in total. The summed E-state index contributed by atoms with van der Waals surface area (Å²) in [7, 11) is 0. The number of rotatable bonds is 6. The Balaban J connectivity index is 2.37. The molecule has 0 aliphatic carbocycles. The second-order valence-corrected chi connectivity index (χ2v) is 3.58. The lowest BCUT2D eigenvalue weighted by atomic mass is 10.3. The van der Waals surface area contributed by atoms with E-state index in [0.717, 1.165) is 13.1 Å². The van der Waals surface area contributed by atoms with E-state index in [1.54, 1.807) is 4.90 Å². The molecule has 94 valence electrons. The standard InChI is InChI=1S/C11H18N4O2/c1-3-15(4-2)11(17)5-6-12-9-7-10(16)14-13-8-9/h7-8H,3-6H2,1-2H3,(H2,12,14,16). The molecule has 1 amide bonds. The molecule has 0 aliphatic rings. The highest BCUT2D eigenvalue weighted by molar-refractivity contribution is 5.76. The van der Waals surface area contributed by atoms with Crippen molar-refractivity contribution in [2.45, 2.75) is 20.3 Å². The van der Waals surface area contributed by atoms with Gasteiger partial charge in [0.2, 0.25) is 5.91 Å². The van der Waals surface area contributed by atoms with Crippen LogP contribution in [-0.4, -0.2) is 40.6 Å². The van der Waals surface area contributed by atoms with Gasteiger partial charge in [-0.15, -0.1) is 0 Å². The van der Waals surface area contributed by atoms with Crippen molar-refractivity contribution in [3.05, 3.63) is 22.6 Å². The third-order valence-corrected chi connectivity index (χ3v) is 2.45. The Kier molecular flexibility index (Phi) is 5.19. The van der Waals surface area contributed by atoms with Gasteiger partial charge in [0.1, 0.15) is 0 Å². The van der Waals surface area contributed by atoms with Crippen molar-refractivity contribution in [1.82, 2.24) is 15.1 Å². The van der Waals surface area contributed by atoms with Crippen LogP contribution in [0.1, 0.15) is 20.3 Å². The van der Waals surface area contributed by atoms with E-state index < -0.39 is 0 Å². The topological polar surface area (TPSA) is 78.1 Å². The van der Waals surface area contributed by atoms with Crippen LogP contribution in [0, 0.1) is 0 Å². The van der Waals surface area contributed by atoms with Gasteiger partial charge in [-0.2, -0.15) is 5.10 Å². The monoisotopic (exact) mass is 238 g/mol. The van der Waals surface area contributed by atoms with E-state index in [-0.39, 0.29) is 11.5 Å². The Morgan fingerprint density at radius 1 is 1.47 bits per heavy atom. The van der Waals surface area contributed by atoms with Crippen molar-refractivity contribution in [1.29, 1.82) is 0 Å². The van der Waals surface area contributed by atoms with E-state index in [1.165, 1.54) is 12.3 Å². The normalized spacial score (nSPS) is 10.0. The van der Waals surface area contributed by atoms with Crippen LogP contribution in [0.25, 0.3) is 0 Å². The molecule has 0 aromatic carbocycles. The maximum absolute atomic E-state index is 11.7. The number of anilines is 1. The quantitative estimate of drug-likeness (QED) is 0.754. The van der Waals surface area contributed by atoms with Gasteiger partial charge in [-0.05, 0) is 13.8 Å². The predicted molar refractivity (Wildman–Crippen MR) is 65.9 cm³/mol. The molecule has 0 saturated heterocycles. The molecular formula is C11H18N4O2. The molecule has 0 radical (unpaired) electrons. The number of carbonyl (C=O) groups is 1. The molecule has 17 heavy (non-hydrogen) atoms. The van der Waals surface area contributed by atoms with Crippen LogP contribution < -0.4 is 10.9 Å². The molecule has 0 fully saturated rings. The lowest BCUT2D eigenvalue weighted by Gasteiger charge is -2.18. The number of amides is 1. The number of hydrogen-bond donors (Lipinski definition) is 2. The summed E-state index contributed by atoms with van der Waals surface area (Å²) in [5.74, 6) is 0.111. The maximum atomic E-state index is 11.7. The van der Waals surface area contributed by atoms with E-state index in [1.807, 2.05) is 13.8 Å². The highest BCUT2D eigenvalue weighted by Crippen LogP contribution is 2.00. The average molecular weight is 238 g/mol. The van der Waals surface area contributed by atoms with E-state index in [4.69, 9.17) is 0 Å². The summed E-state index contributed by atoms with van der Waals surface area (Å²) in [6.07, 6.45) is 1.93. The Morgan fingerprint density at radius 3 is 2.76 bits per heavy atom. The molecule has 0 spiro atoms. The number of nitrogens with zero attached hydrogens (tertiary/aromatic N) is 2. The van der Waals surface area contributed by atoms with Gasteiger partial charge in [0.25, 0.3) is 5.56 Å². The first-order valence-corrected chi connectivity index (χ1v) is 5.73. The summed E-state index contributed by atoms with van der Waals surface area (Å²) in [5, 5.41) is 8.93. The molecular weight excluding hydrogens is 220 g/mol. The van der Waals surface area contributed by atoms with Gasteiger partial charge < -0.3 is 10.2 Å². The largest absolute Gasteiger partial charge is 0.383 e. The van der Waals surface area contributed by atoms with Crippen LogP contribution in [0.4, 0.5) is 5.69 Å². The Labute approximate surface area is 100 Å². The van der Waals surface area contributed by atoms with Gasteiger partial charge >= 0.3 is 0 Å². The van der Waals surface area contributed by atoms with Crippen LogP contribution in [0.15, 0.2) is 17.1 Å². The molecule has 1 aromatic heterocycles. The number of aromatic nitrogens is 2. The molecule has 0 aliphatic heterocycles. The van der Waals surface area contributed by atoms with Crippen molar-refractivity contribution in [2.24, 2.45) is 0 Å². The first-order valence-electron chi connectivity index (χ1n) is 5.73. The third kappa shape index (κ3) is 4.26. The van der Waals surface area contributed by atoms with Gasteiger partial charge in [0.15, 0.2) is 0 Å². The first kappa shape index (κ1) is 13.2. The first-order chi connectivity index (χ1) is 8.17. The van der Waals surface area contributed by atoms with Gasteiger partial charge in [-0.1, -0.05) is 0 Å². The Hall–Kier alpha value is -1.85. The Bertz CT molecular complexity index is 412. The maximum Gasteiger partial charge on any atom is 0.266 e. The molecule has 0 atom stereocenters. The second-order valence-electron chi connectivity index (χ2n) is 3.58. The van der Waals surface area contributed by atoms with Crippen molar-refractivity contribution >= 4 is 11.6 Å². The number of aromatic amines is 1. The minimum absolute atomic E-state index is 0.111. The summed E-state index contributed by atoms with van der Waals surface area (Å²) < 4.78 is 0. The van der Waals surface area contributed by atoms with Crippen molar-refractivity contribution in [2.75, 3.05) is 25.0 Å². The number of nitrogens with one attached hydrogen (secondary N) is 2. The van der Waals surface area contributed by atoms with Crippen LogP contribution in [0.5, 0.6) is 0 Å². The smallest absolute Gasteiger partial charge is 0.266 e. The molecule has 1 aromatic rings. The minimum Gasteiger partial charge on any atom is -0.383 e. The van der Waals surface area contributed by atoms with E-state index >= 15 is 0 Å². The van der Waals surface area contributed by atoms with E-state index in [2.05, 4.69) is 15.5 Å². The third-order valence-electron chi connectivity index (χ3n) is 2.45. The molecule has 6 nitrogen and oxygen atoms in total. The Morgan fingerprint density at radius 2 is 2.18 bits per heavy atom. The van der Waals surface area contributed by atoms with Crippen molar-refractivity contribution in [3.63, 3.8) is 0 Å². The SMILES string of the molecule is CCN(CC)C(=O)CCNc1cn[nH]c(=O)c1. The fraction of sp³-hybridized carbons (Fsp3) is 0.545. The van der Waals surface area contributed by atoms with Gasteiger partial charge in [0.05, 0.1) is 11.9 Å². The fourth-order valence-electron chi connectivity index (χ4n) is 1.52. The fourth-order valence-corrected chi connectivity index (χ4v) is 1.52. The van der Waals surface area contributed by atoms with Gasteiger partial charge in [0, 0.05) is 32.1 Å². The highest BCUT2D eigenvalue weighted by atomic mass is 16.2. The summed E-state index contributed by atoms with van der Waals surface area (Å²) in [5.41, 5.74) is 0.367. The minimum atomic E-state index is -0.259. The van der Waals surface area contributed by atoms with Crippen LogP contribution >= 0.6 is 0 Å². The summed E-state index contributed by atoms with van der Waals surface area (Å²) in [6, 6.07) is 1.41. The van der Waals surface area contributed by atoms with Crippen molar-refractivity contribution in [3.8, 4) is 0 Å². The van der Waals surface area contributed by atoms with E-state index in [0.29, 0.717) is 18.7 Å². The van der Waals surface area contributed by atoms with Crippen LogP contribution in [0.2, 0.25) is 0 Å². The molecule has 0 bridgehead atoms. The van der Waals surface area contributed by atoms with Gasteiger partial charge in [-0.3, -0.25) is 9.59 Å². The molecule has 1 heterocycles. The van der Waals surface area contributed by atoms with Crippen LogP contribution in [0.3, 0.4) is 0 Å². The molecule has 1 rings (SSSR count). The summed E-state index contributed by atoms with van der Waals surface area (Å²) >= 11 is 0. The average Bonchev–Trinajstić information content (AvgIpc) is 2.30. The lowest BCUT2D eigenvalue weighted by Crippen LogP contribution is -2.31. The van der Waals surface area contributed by atoms with Crippen LogP contribution in [-0.2, 0) is 4.79 Å². The lowest BCUT2D eigenvalue weighted by molar-refractivity contribution is -0.130. The molecule has 0 saturated carbocycles.